The lowest BCUT2D eigenvalue weighted by molar-refractivity contribution is 0.596. The summed E-state index contributed by atoms with van der Waals surface area (Å²) in [5, 5.41) is 7.92. The zero-order valence-corrected chi connectivity index (χ0v) is 33.6. The molecule has 2 aromatic heterocycles. The van der Waals surface area contributed by atoms with E-state index in [1.807, 2.05) is 0 Å². The fourth-order valence-electron chi connectivity index (χ4n) is 13.0. The second kappa shape index (κ2) is 10.4. The topological polar surface area (TPSA) is 9.86 Å². The number of aromatic nitrogens is 2. The summed E-state index contributed by atoms with van der Waals surface area (Å²) in [6.07, 6.45) is 0. The third kappa shape index (κ3) is 3.37. The van der Waals surface area contributed by atoms with Crippen molar-refractivity contribution in [2.45, 2.75) is 31.6 Å². The van der Waals surface area contributed by atoms with E-state index in [1.54, 1.807) is 0 Å². The summed E-state index contributed by atoms with van der Waals surface area (Å²) in [6, 6.07) is 65.7. The molecule has 60 heavy (non-hydrogen) atoms. The number of hydrogen-bond donors (Lipinski definition) is 0. The number of benzene rings is 9. The quantitative estimate of drug-likeness (QED) is 0.148. The molecular formula is C57H37BN2. The fraction of sp³-hybridized carbons (Fsp3) is 0.0877. The zero-order chi connectivity index (χ0) is 39.4. The van der Waals surface area contributed by atoms with Gasteiger partial charge in [-0.2, -0.15) is 0 Å². The Morgan fingerprint density at radius 1 is 0.400 bits per heavy atom. The van der Waals surface area contributed by atoms with Crippen LogP contribution >= 0.6 is 0 Å². The molecule has 11 aromatic rings. The van der Waals surface area contributed by atoms with Crippen LogP contribution in [0.5, 0.6) is 0 Å². The highest BCUT2D eigenvalue weighted by Gasteiger charge is 2.54. The average molecular weight is 761 g/mol. The van der Waals surface area contributed by atoms with E-state index in [1.165, 1.54) is 132 Å². The highest BCUT2D eigenvalue weighted by atomic mass is 15.1. The molecule has 1 spiro atoms. The molecule has 3 aliphatic heterocycles. The van der Waals surface area contributed by atoms with E-state index in [-0.39, 0.29) is 12.1 Å². The van der Waals surface area contributed by atoms with E-state index in [0.717, 1.165) is 0 Å². The van der Waals surface area contributed by atoms with Crippen LogP contribution in [0.1, 0.15) is 48.6 Å². The van der Waals surface area contributed by atoms with E-state index >= 15 is 0 Å². The normalized spacial score (nSPS) is 14.7. The van der Waals surface area contributed by atoms with Gasteiger partial charge in [0.05, 0.1) is 22.1 Å². The Kier molecular flexibility index (Phi) is 5.50. The molecular weight excluding hydrogens is 723 g/mol. The minimum Gasteiger partial charge on any atom is -0.310 e. The third-order valence-corrected chi connectivity index (χ3v) is 15.0. The van der Waals surface area contributed by atoms with Crippen molar-refractivity contribution in [1.82, 2.24) is 9.13 Å². The Balaban J connectivity index is 1.25. The van der Waals surface area contributed by atoms with Crippen molar-refractivity contribution in [3.63, 3.8) is 0 Å². The van der Waals surface area contributed by atoms with Gasteiger partial charge < -0.3 is 9.13 Å². The lowest BCUT2D eigenvalue weighted by atomic mass is 9.33. The maximum Gasteiger partial charge on any atom is 0.252 e. The van der Waals surface area contributed by atoms with Crippen LogP contribution in [0.2, 0.25) is 0 Å². The molecule has 0 unspecified atom stereocenters. The molecule has 0 saturated heterocycles. The van der Waals surface area contributed by atoms with Crippen molar-refractivity contribution >= 4 is 77.5 Å². The van der Waals surface area contributed by atoms with Gasteiger partial charge >= 0.3 is 0 Å². The zero-order valence-electron chi connectivity index (χ0n) is 33.6. The number of rotatable bonds is 1. The number of nitrogens with zero attached hydrogens (tertiary/aromatic N) is 2. The molecule has 3 heteroatoms. The minimum absolute atomic E-state index is 0.0129. The van der Waals surface area contributed by atoms with Crippen molar-refractivity contribution in [2.24, 2.45) is 0 Å². The Morgan fingerprint density at radius 3 is 1.68 bits per heavy atom. The molecule has 2 nitrogen and oxygen atoms in total. The second-order valence-corrected chi connectivity index (χ2v) is 18.7. The molecule has 0 amide bonds. The summed E-state index contributed by atoms with van der Waals surface area (Å²) in [4.78, 5) is 0. The standard InChI is InChI=1S/C57H37BN2/c1-56(2,3)42-26-11-19-32-33(18-10-20-34(32)42)41-31-46-55-50-54(41)59-49-30-9-6-17-37(49)38-22-13-28-47(52(38)59)58(50)48-29-14-23-40-39-21-12-27-45(51(39)60(55)53(40)48)57(46)43-24-7-4-15-35(43)36-16-5-8-25-44(36)57/h4-31H,1-3H3. The summed E-state index contributed by atoms with van der Waals surface area (Å²) < 4.78 is 5.39. The van der Waals surface area contributed by atoms with Crippen LogP contribution in [0.4, 0.5) is 0 Å². The predicted molar refractivity (Wildman–Crippen MR) is 252 cm³/mol. The maximum absolute atomic E-state index is 2.72. The largest absolute Gasteiger partial charge is 0.310 e. The van der Waals surface area contributed by atoms with Gasteiger partial charge in [-0.15, -0.1) is 0 Å². The van der Waals surface area contributed by atoms with Crippen molar-refractivity contribution in [3.8, 4) is 33.6 Å². The van der Waals surface area contributed by atoms with E-state index in [0.29, 0.717) is 0 Å². The van der Waals surface area contributed by atoms with Crippen molar-refractivity contribution in [1.29, 1.82) is 0 Å². The summed E-state index contributed by atoms with van der Waals surface area (Å²) in [5.41, 5.74) is 23.7. The fourth-order valence-corrected chi connectivity index (χ4v) is 13.0. The molecule has 278 valence electrons. The molecule has 4 aliphatic rings. The minimum atomic E-state index is -0.537. The Hall–Kier alpha value is -7.10. The number of hydrogen-bond acceptors (Lipinski definition) is 0. The SMILES string of the molecule is CC(C)(C)c1cccc2c(-c3cc4c5c6c3-n3c7ccccc7c7cccc(c73)B6c3cccc6c7cccc(c7n-5c36)C43c4ccccc4-c4ccccc43)cccc12. The van der Waals surface area contributed by atoms with E-state index in [2.05, 4.69) is 200 Å². The van der Waals surface area contributed by atoms with Crippen molar-refractivity contribution < 1.29 is 0 Å². The van der Waals surface area contributed by atoms with Gasteiger partial charge in [0.25, 0.3) is 6.71 Å². The Labute approximate surface area is 348 Å². The van der Waals surface area contributed by atoms with Crippen LogP contribution in [-0.4, -0.2) is 15.8 Å². The van der Waals surface area contributed by atoms with Gasteiger partial charge in [-0.25, -0.2) is 0 Å². The smallest absolute Gasteiger partial charge is 0.252 e. The van der Waals surface area contributed by atoms with Crippen LogP contribution in [-0.2, 0) is 10.8 Å². The van der Waals surface area contributed by atoms with E-state index < -0.39 is 5.41 Å². The lowest BCUT2D eigenvalue weighted by Gasteiger charge is -2.44. The van der Waals surface area contributed by atoms with Gasteiger partial charge in [0.2, 0.25) is 0 Å². The van der Waals surface area contributed by atoms with Crippen LogP contribution in [0.15, 0.2) is 170 Å². The van der Waals surface area contributed by atoms with Gasteiger partial charge in [-0.3, -0.25) is 0 Å². The first kappa shape index (κ1) is 31.8. The molecule has 0 saturated carbocycles. The van der Waals surface area contributed by atoms with Crippen LogP contribution in [0.25, 0.3) is 88.0 Å². The van der Waals surface area contributed by atoms with E-state index in [9.17, 15) is 0 Å². The van der Waals surface area contributed by atoms with Gasteiger partial charge in [0.1, 0.15) is 0 Å². The van der Waals surface area contributed by atoms with Gasteiger partial charge in [0, 0.05) is 43.8 Å². The molecule has 0 N–H and O–H groups in total. The highest BCUT2D eigenvalue weighted by Crippen LogP contribution is 2.62. The summed E-state index contributed by atoms with van der Waals surface area (Å²) >= 11 is 0. The molecule has 0 fully saturated rings. The highest BCUT2D eigenvalue weighted by molar-refractivity contribution is 7.00. The summed E-state index contributed by atoms with van der Waals surface area (Å²) in [7, 11) is 0. The predicted octanol–water partition coefficient (Wildman–Crippen LogP) is 11.8. The summed E-state index contributed by atoms with van der Waals surface area (Å²) in [5.74, 6) is 0. The first-order valence-corrected chi connectivity index (χ1v) is 21.5. The molecule has 0 radical (unpaired) electrons. The molecule has 5 heterocycles. The maximum atomic E-state index is 2.72. The molecule has 15 rings (SSSR count). The number of fused-ring (bicyclic) bond motifs is 15. The monoisotopic (exact) mass is 760 g/mol. The van der Waals surface area contributed by atoms with Crippen LogP contribution in [0.3, 0.4) is 0 Å². The van der Waals surface area contributed by atoms with Crippen LogP contribution in [0, 0.1) is 0 Å². The number of para-hydroxylation sites is 4. The first-order valence-electron chi connectivity index (χ1n) is 21.5. The third-order valence-electron chi connectivity index (χ3n) is 15.0. The first-order chi connectivity index (χ1) is 29.5. The molecule has 9 aromatic carbocycles. The second-order valence-electron chi connectivity index (χ2n) is 18.7. The summed E-state index contributed by atoms with van der Waals surface area (Å²) in [6.45, 7) is 7.08. The van der Waals surface area contributed by atoms with Gasteiger partial charge in [-0.05, 0) is 89.2 Å². The van der Waals surface area contributed by atoms with Gasteiger partial charge in [0.15, 0.2) is 0 Å². The molecule has 0 bridgehead atoms. The van der Waals surface area contributed by atoms with Crippen molar-refractivity contribution in [2.75, 3.05) is 0 Å². The van der Waals surface area contributed by atoms with Gasteiger partial charge in [-0.1, -0.05) is 178 Å². The Morgan fingerprint density at radius 2 is 0.933 bits per heavy atom. The Bertz CT molecular complexity index is 3780. The van der Waals surface area contributed by atoms with E-state index in [4.69, 9.17) is 0 Å². The molecule has 0 atom stereocenters. The van der Waals surface area contributed by atoms with Crippen LogP contribution < -0.4 is 16.4 Å². The average Bonchev–Trinajstić information content (AvgIpc) is 3.91. The molecule has 1 aliphatic carbocycles. The lowest BCUT2D eigenvalue weighted by Crippen LogP contribution is -2.60. The van der Waals surface area contributed by atoms with Crippen molar-refractivity contribution in [3.05, 3.63) is 198 Å².